The van der Waals surface area contributed by atoms with Gasteiger partial charge in [0.05, 0.1) is 11.5 Å². The van der Waals surface area contributed by atoms with E-state index in [0.29, 0.717) is 0 Å². The van der Waals surface area contributed by atoms with Crippen LogP contribution in [-0.4, -0.2) is 35.5 Å². The van der Waals surface area contributed by atoms with Crippen LogP contribution in [-0.2, 0) is 0 Å². The molecule has 1 fully saturated rings. The number of rotatable bonds is 3. The second-order valence-corrected chi connectivity index (χ2v) is 6.27. The third kappa shape index (κ3) is 3.89. The first-order valence-corrected chi connectivity index (χ1v) is 6.33. The highest BCUT2D eigenvalue weighted by Gasteiger charge is 2.21. The van der Waals surface area contributed by atoms with E-state index < -0.39 is 0 Å². The molecule has 3 heteroatoms. The van der Waals surface area contributed by atoms with Gasteiger partial charge in [-0.25, -0.2) is 0 Å². The third-order valence-corrected chi connectivity index (χ3v) is 3.82. The predicted octanol–water partition coefficient (Wildman–Crippen LogP) is 2.36. The van der Waals surface area contributed by atoms with Crippen molar-refractivity contribution in [1.82, 2.24) is 4.90 Å². The molecule has 0 aliphatic carbocycles. The Kier molecular flexibility index (Phi) is 4.28. The van der Waals surface area contributed by atoms with Crippen molar-refractivity contribution in [3.8, 4) is 6.07 Å². The van der Waals surface area contributed by atoms with E-state index >= 15 is 0 Å². The lowest BCUT2D eigenvalue weighted by Crippen LogP contribution is -2.38. The fraction of sp³-hybridized carbons (Fsp3) is 0.909. The Labute approximate surface area is 91.7 Å². The average Bonchev–Trinajstić information content (AvgIpc) is 2.15. The van der Waals surface area contributed by atoms with Crippen LogP contribution in [0.3, 0.4) is 0 Å². The van der Waals surface area contributed by atoms with Crippen LogP contribution < -0.4 is 0 Å². The summed E-state index contributed by atoms with van der Waals surface area (Å²) < 4.78 is 0. The normalized spacial score (nSPS) is 24.6. The summed E-state index contributed by atoms with van der Waals surface area (Å²) in [4.78, 5) is 2.49. The van der Waals surface area contributed by atoms with E-state index in [2.05, 4.69) is 29.7 Å². The summed E-state index contributed by atoms with van der Waals surface area (Å²) in [6.45, 7) is 9.78. The van der Waals surface area contributed by atoms with Crippen LogP contribution in [0.15, 0.2) is 0 Å². The van der Waals surface area contributed by atoms with Gasteiger partial charge in [-0.05, 0) is 26.8 Å². The Morgan fingerprint density at radius 3 is 2.86 bits per heavy atom. The molecule has 0 bridgehead atoms. The van der Waals surface area contributed by atoms with Crippen LogP contribution in [0, 0.1) is 16.7 Å². The first-order valence-electron chi connectivity index (χ1n) is 5.29. The van der Waals surface area contributed by atoms with E-state index in [4.69, 9.17) is 5.26 Å². The van der Waals surface area contributed by atoms with Crippen LogP contribution in [0.2, 0.25) is 0 Å². The number of thioether (sulfide) groups is 1. The molecule has 0 aromatic rings. The highest BCUT2D eigenvalue weighted by Crippen LogP contribution is 2.22. The zero-order chi connectivity index (χ0) is 10.6. The molecule has 0 aromatic carbocycles. The van der Waals surface area contributed by atoms with Crippen molar-refractivity contribution in [2.45, 2.75) is 32.4 Å². The van der Waals surface area contributed by atoms with Gasteiger partial charge in [0.1, 0.15) is 0 Å². The summed E-state index contributed by atoms with van der Waals surface area (Å²) in [7, 11) is 0. The van der Waals surface area contributed by atoms with Crippen LogP contribution in [0.25, 0.3) is 0 Å². The molecule has 80 valence electrons. The second kappa shape index (κ2) is 5.04. The lowest BCUT2D eigenvalue weighted by Gasteiger charge is -2.31. The zero-order valence-corrected chi connectivity index (χ0v) is 10.2. The number of nitrogens with zero attached hydrogens (tertiary/aromatic N) is 2. The van der Waals surface area contributed by atoms with Crippen LogP contribution in [0.5, 0.6) is 0 Å². The number of hydrogen-bond donors (Lipinski definition) is 0. The summed E-state index contributed by atoms with van der Waals surface area (Å²) in [6, 6.07) is 2.36. The lowest BCUT2D eigenvalue weighted by atomic mass is 9.91. The topological polar surface area (TPSA) is 27.0 Å². The van der Waals surface area contributed by atoms with E-state index in [1.807, 2.05) is 13.8 Å². The van der Waals surface area contributed by atoms with Gasteiger partial charge in [-0.3, -0.25) is 0 Å². The van der Waals surface area contributed by atoms with Gasteiger partial charge in [0.2, 0.25) is 0 Å². The molecule has 0 saturated carbocycles. The number of nitriles is 1. The largest absolute Gasteiger partial charge is 0.301 e. The van der Waals surface area contributed by atoms with Crippen LogP contribution in [0.1, 0.15) is 27.2 Å². The minimum atomic E-state index is -0.159. The smallest absolute Gasteiger partial charge is 0.0684 e. The standard InChI is InChI=1S/C11H20N2S/c1-10-8-13(6-7-14-10)5-4-11(2,3)9-12/h10H,4-8H2,1-3H3. The minimum absolute atomic E-state index is 0.159. The van der Waals surface area contributed by atoms with Gasteiger partial charge in [0.25, 0.3) is 0 Å². The van der Waals surface area contributed by atoms with Gasteiger partial charge in [-0.2, -0.15) is 17.0 Å². The van der Waals surface area contributed by atoms with Crippen molar-refractivity contribution in [3.63, 3.8) is 0 Å². The van der Waals surface area contributed by atoms with E-state index in [1.165, 1.54) is 18.8 Å². The van der Waals surface area contributed by atoms with Crippen molar-refractivity contribution >= 4 is 11.8 Å². The summed E-state index contributed by atoms with van der Waals surface area (Å²) >= 11 is 2.05. The molecule has 1 aliphatic rings. The molecule has 0 radical (unpaired) electrons. The molecule has 1 saturated heterocycles. The molecule has 0 N–H and O–H groups in total. The quantitative estimate of drug-likeness (QED) is 0.718. The first-order chi connectivity index (χ1) is 6.53. The Balaban J connectivity index is 2.28. The van der Waals surface area contributed by atoms with Crippen molar-refractivity contribution in [3.05, 3.63) is 0 Å². The summed E-state index contributed by atoms with van der Waals surface area (Å²) in [5, 5.41) is 9.66. The molecule has 2 nitrogen and oxygen atoms in total. The Morgan fingerprint density at radius 2 is 2.29 bits per heavy atom. The van der Waals surface area contributed by atoms with Gasteiger partial charge in [0.15, 0.2) is 0 Å². The first kappa shape index (κ1) is 11.9. The highest BCUT2D eigenvalue weighted by atomic mass is 32.2. The molecule has 0 amide bonds. The molecule has 1 aliphatic heterocycles. The lowest BCUT2D eigenvalue weighted by molar-refractivity contribution is 0.251. The Hall–Kier alpha value is -0.200. The Bertz CT molecular complexity index is 220. The number of hydrogen-bond acceptors (Lipinski definition) is 3. The molecule has 0 aromatic heterocycles. The highest BCUT2D eigenvalue weighted by molar-refractivity contribution is 7.99. The molecule has 1 unspecified atom stereocenters. The van der Waals surface area contributed by atoms with Gasteiger partial charge in [-0.15, -0.1) is 0 Å². The molecular formula is C11H20N2S. The summed E-state index contributed by atoms with van der Waals surface area (Å²) in [6.07, 6.45) is 0.987. The van der Waals surface area contributed by atoms with E-state index in [0.717, 1.165) is 18.2 Å². The maximum Gasteiger partial charge on any atom is 0.0684 e. The predicted molar refractivity (Wildman–Crippen MR) is 62.4 cm³/mol. The van der Waals surface area contributed by atoms with Crippen LogP contribution in [0.4, 0.5) is 0 Å². The van der Waals surface area contributed by atoms with E-state index in [-0.39, 0.29) is 5.41 Å². The van der Waals surface area contributed by atoms with Crippen LogP contribution >= 0.6 is 11.8 Å². The molecule has 1 atom stereocenters. The SMILES string of the molecule is CC1CN(CCC(C)(C)C#N)CCS1. The summed E-state index contributed by atoms with van der Waals surface area (Å²) in [5.74, 6) is 1.24. The molecule has 1 rings (SSSR count). The van der Waals surface area contributed by atoms with Crippen molar-refractivity contribution in [1.29, 1.82) is 5.26 Å². The van der Waals surface area contributed by atoms with Gasteiger partial charge in [-0.1, -0.05) is 6.92 Å². The van der Waals surface area contributed by atoms with Gasteiger partial charge in [0, 0.05) is 24.1 Å². The fourth-order valence-corrected chi connectivity index (χ4v) is 2.67. The molecule has 1 heterocycles. The van der Waals surface area contributed by atoms with Gasteiger partial charge >= 0.3 is 0 Å². The van der Waals surface area contributed by atoms with Crippen molar-refractivity contribution in [2.24, 2.45) is 5.41 Å². The average molecular weight is 212 g/mol. The second-order valence-electron chi connectivity index (χ2n) is 4.73. The fourth-order valence-electron chi connectivity index (χ4n) is 1.59. The Morgan fingerprint density at radius 1 is 1.57 bits per heavy atom. The zero-order valence-electron chi connectivity index (χ0n) is 9.42. The van der Waals surface area contributed by atoms with Crippen molar-refractivity contribution in [2.75, 3.05) is 25.4 Å². The maximum atomic E-state index is 8.90. The van der Waals surface area contributed by atoms with E-state index in [1.54, 1.807) is 0 Å². The van der Waals surface area contributed by atoms with E-state index in [9.17, 15) is 0 Å². The van der Waals surface area contributed by atoms with Crippen molar-refractivity contribution < 1.29 is 0 Å². The molecular weight excluding hydrogens is 192 g/mol. The minimum Gasteiger partial charge on any atom is -0.301 e. The monoisotopic (exact) mass is 212 g/mol. The maximum absolute atomic E-state index is 8.90. The molecule has 0 spiro atoms. The summed E-state index contributed by atoms with van der Waals surface area (Å²) in [5.41, 5.74) is -0.159. The van der Waals surface area contributed by atoms with Gasteiger partial charge < -0.3 is 4.90 Å². The third-order valence-electron chi connectivity index (χ3n) is 2.68. The molecule has 14 heavy (non-hydrogen) atoms.